The van der Waals surface area contributed by atoms with Crippen molar-refractivity contribution in [3.05, 3.63) is 77.4 Å². The van der Waals surface area contributed by atoms with Crippen LogP contribution in [0.15, 0.2) is 60.7 Å². The van der Waals surface area contributed by atoms with Crippen LogP contribution in [0.4, 0.5) is 18.9 Å². The van der Waals surface area contributed by atoms with Gasteiger partial charge in [0.05, 0.1) is 25.7 Å². The summed E-state index contributed by atoms with van der Waals surface area (Å²) < 4.78 is 57.7. The zero-order chi connectivity index (χ0) is 25.0. The third kappa shape index (κ3) is 6.10. The Morgan fingerprint density at radius 2 is 1.77 bits per heavy atom. The molecular formula is C25H21F3N2O5. The fraction of sp³-hybridized carbons (Fsp3) is 0.200. The van der Waals surface area contributed by atoms with Crippen LogP contribution in [0.3, 0.4) is 0 Å². The molecule has 0 bridgehead atoms. The Hall–Kier alpha value is -4.05. The van der Waals surface area contributed by atoms with Gasteiger partial charge in [-0.2, -0.15) is 13.2 Å². The van der Waals surface area contributed by atoms with Gasteiger partial charge in [-0.25, -0.2) is 0 Å². The zero-order valence-corrected chi connectivity index (χ0v) is 18.3. The average molecular weight is 486 g/mol. The van der Waals surface area contributed by atoms with Crippen LogP contribution in [0, 0.1) is 5.41 Å². The van der Waals surface area contributed by atoms with Crippen molar-refractivity contribution in [3.8, 4) is 23.0 Å². The molecule has 182 valence electrons. The van der Waals surface area contributed by atoms with E-state index in [0.29, 0.717) is 35.8 Å². The van der Waals surface area contributed by atoms with Gasteiger partial charge in [0.2, 0.25) is 0 Å². The van der Waals surface area contributed by atoms with E-state index in [-0.39, 0.29) is 24.0 Å². The van der Waals surface area contributed by atoms with Crippen LogP contribution in [-0.4, -0.2) is 36.5 Å². The number of hydrogen-bond donors (Lipinski definition) is 3. The zero-order valence-electron chi connectivity index (χ0n) is 18.3. The Labute approximate surface area is 198 Å². The number of carbonyl (C=O) groups is 1. The molecule has 1 aliphatic heterocycles. The van der Waals surface area contributed by atoms with E-state index in [9.17, 15) is 18.0 Å². The summed E-state index contributed by atoms with van der Waals surface area (Å²) >= 11 is 0. The van der Waals surface area contributed by atoms with Crippen molar-refractivity contribution >= 4 is 17.9 Å². The van der Waals surface area contributed by atoms with Gasteiger partial charge in [0, 0.05) is 23.5 Å². The number of nitrogens with one attached hydrogen (secondary N) is 2. The summed E-state index contributed by atoms with van der Waals surface area (Å²) in [7, 11) is 0. The fourth-order valence-electron chi connectivity index (χ4n) is 3.43. The molecule has 0 atom stereocenters. The van der Waals surface area contributed by atoms with Gasteiger partial charge in [0.25, 0.3) is 0 Å². The first-order valence-electron chi connectivity index (χ1n) is 10.6. The number of aliphatic carboxylic acids is 1. The highest BCUT2D eigenvalue weighted by molar-refractivity contribution is 5.86. The molecule has 0 unspecified atom stereocenters. The summed E-state index contributed by atoms with van der Waals surface area (Å²) in [5.74, 6) is -1.18. The number of ether oxygens (including phenoxy) is 3. The molecule has 0 amide bonds. The van der Waals surface area contributed by atoms with Crippen molar-refractivity contribution in [1.29, 1.82) is 5.41 Å². The third-order valence-electron chi connectivity index (χ3n) is 5.15. The monoisotopic (exact) mass is 486 g/mol. The van der Waals surface area contributed by atoms with Crippen molar-refractivity contribution < 1.29 is 37.3 Å². The third-order valence-corrected chi connectivity index (χ3v) is 5.15. The second-order valence-corrected chi connectivity index (χ2v) is 7.85. The van der Waals surface area contributed by atoms with Crippen LogP contribution in [0.5, 0.6) is 23.0 Å². The maximum atomic E-state index is 13.8. The predicted octanol–water partition coefficient (Wildman–Crippen LogP) is 5.73. The van der Waals surface area contributed by atoms with Crippen LogP contribution in [0.25, 0.3) is 0 Å². The van der Waals surface area contributed by atoms with Gasteiger partial charge in [-0.15, -0.1) is 0 Å². The lowest BCUT2D eigenvalue weighted by molar-refractivity contribution is -0.138. The second-order valence-electron chi connectivity index (χ2n) is 7.85. The standard InChI is InChI=1S/C25H21F3N2O5/c26-25(27,28)21-10-19(6-7-23(21)35-18-3-1-2-15(8-18)9-24(31)32)34-20-5-4-16(12-29)22(11-20)30-17-13-33-14-17/h1-8,10-12,17,29-30H,9,13-14H2,(H,31,32). The Bertz CT molecular complexity index is 1240. The lowest BCUT2D eigenvalue weighted by atomic mass is 10.1. The first-order valence-corrected chi connectivity index (χ1v) is 10.6. The highest BCUT2D eigenvalue weighted by atomic mass is 19.4. The van der Waals surface area contributed by atoms with Gasteiger partial charge in [-0.1, -0.05) is 12.1 Å². The SMILES string of the molecule is N=Cc1ccc(Oc2ccc(Oc3cccc(CC(=O)O)c3)c(C(F)(F)F)c2)cc1NC1COC1. The molecule has 0 aliphatic carbocycles. The number of halogens is 3. The van der Waals surface area contributed by atoms with E-state index in [1.165, 1.54) is 30.5 Å². The maximum absolute atomic E-state index is 13.8. The number of hydrogen-bond acceptors (Lipinski definition) is 6. The summed E-state index contributed by atoms with van der Waals surface area (Å²) in [5, 5.41) is 19.7. The van der Waals surface area contributed by atoms with Crippen LogP contribution in [0.2, 0.25) is 0 Å². The molecule has 3 aromatic rings. The number of benzene rings is 3. The fourth-order valence-corrected chi connectivity index (χ4v) is 3.43. The van der Waals surface area contributed by atoms with Crippen LogP contribution >= 0.6 is 0 Å². The summed E-state index contributed by atoms with van der Waals surface area (Å²) in [6, 6.07) is 14.1. The highest BCUT2D eigenvalue weighted by Crippen LogP contribution is 2.41. The van der Waals surface area contributed by atoms with Crippen molar-refractivity contribution in [2.24, 2.45) is 0 Å². The summed E-state index contributed by atoms with van der Waals surface area (Å²) in [6.07, 6.45) is -3.84. The topological polar surface area (TPSA) is 101 Å². The van der Waals surface area contributed by atoms with Gasteiger partial charge in [-0.3, -0.25) is 4.79 Å². The molecule has 3 aromatic carbocycles. The second kappa shape index (κ2) is 10.1. The lowest BCUT2D eigenvalue weighted by Gasteiger charge is -2.28. The maximum Gasteiger partial charge on any atom is 0.420 e. The van der Waals surface area contributed by atoms with Crippen molar-refractivity contribution in [3.63, 3.8) is 0 Å². The number of carboxylic acids is 1. The van der Waals surface area contributed by atoms with Crippen LogP contribution in [0.1, 0.15) is 16.7 Å². The van der Waals surface area contributed by atoms with Gasteiger partial charge in [0.15, 0.2) is 0 Å². The summed E-state index contributed by atoms with van der Waals surface area (Å²) in [4.78, 5) is 10.9. The number of alkyl halides is 3. The molecule has 35 heavy (non-hydrogen) atoms. The number of anilines is 1. The van der Waals surface area contributed by atoms with E-state index in [1.54, 1.807) is 24.3 Å². The van der Waals surface area contributed by atoms with Crippen molar-refractivity contribution in [2.45, 2.75) is 18.6 Å². The summed E-state index contributed by atoms with van der Waals surface area (Å²) in [6.45, 7) is 1.05. The molecule has 1 saturated heterocycles. The highest BCUT2D eigenvalue weighted by Gasteiger charge is 2.35. The minimum absolute atomic E-state index is 0.0511. The molecule has 4 rings (SSSR count). The Morgan fingerprint density at radius 1 is 1.06 bits per heavy atom. The quantitative estimate of drug-likeness (QED) is 0.334. The van der Waals surface area contributed by atoms with Gasteiger partial charge >= 0.3 is 12.1 Å². The molecule has 7 nitrogen and oxygen atoms in total. The van der Waals surface area contributed by atoms with Crippen molar-refractivity contribution in [2.75, 3.05) is 18.5 Å². The molecule has 0 saturated carbocycles. The molecule has 10 heteroatoms. The van der Waals surface area contributed by atoms with Gasteiger partial charge < -0.3 is 30.0 Å². The largest absolute Gasteiger partial charge is 0.481 e. The smallest absolute Gasteiger partial charge is 0.420 e. The molecule has 1 aliphatic rings. The molecular weight excluding hydrogens is 465 g/mol. The molecule has 1 fully saturated rings. The first-order chi connectivity index (χ1) is 16.7. The first kappa shape index (κ1) is 24.1. The molecule has 1 heterocycles. The molecule has 0 spiro atoms. The van der Waals surface area contributed by atoms with Gasteiger partial charge in [0.1, 0.15) is 28.6 Å². The number of rotatable bonds is 9. The average Bonchev–Trinajstić information content (AvgIpc) is 2.76. The minimum Gasteiger partial charge on any atom is -0.481 e. The van der Waals surface area contributed by atoms with Crippen LogP contribution in [-0.2, 0) is 22.1 Å². The number of carboxylic acid groups (broad SMARTS) is 1. The van der Waals surface area contributed by atoms with E-state index in [4.69, 9.17) is 24.7 Å². The van der Waals surface area contributed by atoms with E-state index in [2.05, 4.69) is 5.32 Å². The molecule has 0 radical (unpaired) electrons. The molecule has 0 aromatic heterocycles. The van der Waals surface area contributed by atoms with E-state index in [1.807, 2.05) is 0 Å². The summed E-state index contributed by atoms with van der Waals surface area (Å²) in [5.41, 5.74) is 0.576. The van der Waals surface area contributed by atoms with Gasteiger partial charge in [-0.05, 0) is 48.0 Å². The van der Waals surface area contributed by atoms with E-state index >= 15 is 0 Å². The Balaban J connectivity index is 1.58. The normalized spacial score (nSPS) is 13.6. The minimum atomic E-state index is -4.73. The lowest BCUT2D eigenvalue weighted by Crippen LogP contribution is -2.40. The van der Waals surface area contributed by atoms with Crippen LogP contribution < -0.4 is 14.8 Å². The van der Waals surface area contributed by atoms with E-state index in [0.717, 1.165) is 12.1 Å². The predicted molar refractivity (Wildman–Crippen MR) is 122 cm³/mol. The molecule has 3 N–H and O–H groups in total. The Morgan fingerprint density at radius 3 is 2.43 bits per heavy atom. The van der Waals surface area contributed by atoms with Crippen molar-refractivity contribution in [1.82, 2.24) is 0 Å². The Kier molecular flexibility index (Phi) is 6.92. The van der Waals surface area contributed by atoms with E-state index < -0.39 is 23.5 Å².